The summed E-state index contributed by atoms with van der Waals surface area (Å²) in [5, 5.41) is 3.78. The summed E-state index contributed by atoms with van der Waals surface area (Å²) in [5.74, 6) is 1.91. The highest BCUT2D eigenvalue weighted by atomic mass is 15.1. The second-order valence-corrected chi connectivity index (χ2v) is 6.62. The van der Waals surface area contributed by atoms with Crippen molar-refractivity contribution in [2.75, 3.05) is 26.7 Å². The highest BCUT2D eigenvalue weighted by Gasteiger charge is 2.27. The van der Waals surface area contributed by atoms with Crippen molar-refractivity contribution in [2.24, 2.45) is 11.8 Å². The highest BCUT2D eigenvalue weighted by Crippen LogP contribution is 2.29. The number of rotatable bonds is 7. The van der Waals surface area contributed by atoms with Gasteiger partial charge in [-0.15, -0.1) is 0 Å². The van der Waals surface area contributed by atoms with E-state index in [2.05, 4.69) is 24.2 Å². The summed E-state index contributed by atoms with van der Waals surface area (Å²) in [6, 6.07) is 0.794. The van der Waals surface area contributed by atoms with Gasteiger partial charge in [-0.25, -0.2) is 0 Å². The molecule has 2 aliphatic carbocycles. The first-order chi connectivity index (χ1) is 8.79. The van der Waals surface area contributed by atoms with Crippen LogP contribution >= 0.6 is 0 Å². The van der Waals surface area contributed by atoms with E-state index in [0.29, 0.717) is 0 Å². The molecule has 106 valence electrons. The Morgan fingerprint density at radius 3 is 2.44 bits per heavy atom. The summed E-state index contributed by atoms with van der Waals surface area (Å²) in [6.45, 7) is 6.13. The Morgan fingerprint density at radius 1 is 1.00 bits per heavy atom. The first kappa shape index (κ1) is 14.3. The molecule has 2 aliphatic rings. The average molecular weight is 252 g/mol. The maximum absolute atomic E-state index is 3.78. The van der Waals surface area contributed by atoms with Gasteiger partial charge in [-0.3, -0.25) is 0 Å². The van der Waals surface area contributed by atoms with Gasteiger partial charge >= 0.3 is 0 Å². The molecule has 2 nitrogen and oxygen atoms in total. The number of nitrogens with zero attached hydrogens (tertiary/aromatic N) is 1. The lowest BCUT2D eigenvalue weighted by Crippen LogP contribution is -2.44. The van der Waals surface area contributed by atoms with Gasteiger partial charge in [-0.2, -0.15) is 0 Å². The smallest absolute Gasteiger partial charge is 0.0107 e. The van der Waals surface area contributed by atoms with Crippen LogP contribution in [0.1, 0.15) is 58.3 Å². The number of hydrogen-bond donors (Lipinski definition) is 1. The topological polar surface area (TPSA) is 15.3 Å². The van der Waals surface area contributed by atoms with Crippen LogP contribution in [-0.4, -0.2) is 37.6 Å². The van der Waals surface area contributed by atoms with Crippen LogP contribution in [0.4, 0.5) is 0 Å². The molecule has 2 heteroatoms. The molecule has 0 heterocycles. The lowest BCUT2D eigenvalue weighted by atomic mass is 9.82. The van der Waals surface area contributed by atoms with Crippen molar-refractivity contribution in [3.63, 3.8) is 0 Å². The first-order valence-corrected chi connectivity index (χ1v) is 8.21. The lowest BCUT2D eigenvalue weighted by molar-refractivity contribution is 0.150. The molecule has 2 atom stereocenters. The van der Waals surface area contributed by atoms with Crippen molar-refractivity contribution < 1.29 is 0 Å². The van der Waals surface area contributed by atoms with E-state index >= 15 is 0 Å². The predicted octanol–water partition coefficient (Wildman–Crippen LogP) is 3.28. The summed E-state index contributed by atoms with van der Waals surface area (Å²) in [6.07, 6.45) is 11.4. The molecule has 1 N–H and O–H groups in total. The van der Waals surface area contributed by atoms with Crippen molar-refractivity contribution >= 4 is 0 Å². The van der Waals surface area contributed by atoms with Crippen molar-refractivity contribution in [2.45, 2.75) is 64.3 Å². The number of nitrogens with one attached hydrogen (secondary N) is 1. The summed E-state index contributed by atoms with van der Waals surface area (Å²) in [5.41, 5.74) is 0. The van der Waals surface area contributed by atoms with Gasteiger partial charge in [0.1, 0.15) is 0 Å². The van der Waals surface area contributed by atoms with Gasteiger partial charge < -0.3 is 10.2 Å². The molecule has 2 unspecified atom stereocenters. The minimum atomic E-state index is 0.794. The molecular weight excluding hydrogens is 220 g/mol. The maximum atomic E-state index is 3.78. The Hall–Kier alpha value is -0.0800. The lowest BCUT2D eigenvalue weighted by Gasteiger charge is -2.37. The molecule has 0 bridgehead atoms. The molecule has 0 aromatic heterocycles. The molecule has 2 fully saturated rings. The molecule has 2 saturated carbocycles. The van der Waals surface area contributed by atoms with Crippen molar-refractivity contribution in [1.29, 1.82) is 0 Å². The first-order valence-electron chi connectivity index (χ1n) is 8.21. The van der Waals surface area contributed by atoms with E-state index in [-0.39, 0.29) is 0 Å². The zero-order valence-corrected chi connectivity index (χ0v) is 12.5. The number of hydrogen-bond acceptors (Lipinski definition) is 2. The van der Waals surface area contributed by atoms with Gasteiger partial charge in [0, 0.05) is 19.1 Å². The summed E-state index contributed by atoms with van der Waals surface area (Å²) < 4.78 is 0. The summed E-state index contributed by atoms with van der Waals surface area (Å²) in [4.78, 5) is 2.61. The fourth-order valence-electron chi connectivity index (χ4n) is 3.62. The van der Waals surface area contributed by atoms with Crippen LogP contribution in [0.25, 0.3) is 0 Å². The minimum Gasteiger partial charge on any atom is -0.314 e. The molecule has 18 heavy (non-hydrogen) atoms. The van der Waals surface area contributed by atoms with Crippen LogP contribution in [0, 0.1) is 11.8 Å². The van der Waals surface area contributed by atoms with Gasteiger partial charge in [0.05, 0.1) is 0 Å². The molecule has 0 spiro atoms. The Labute approximate surface area is 114 Å². The highest BCUT2D eigenvalue weighted by molar-refractivity contribution is 4.83. The Kier molecular flexibility index (Phi) is 5.97. The van der Waals surface area contributed by atoms with Gasteiger partial charge in [0.25, 0.3) is 0 Å². The normalized spacial score (nSPS) is 29.5. The van der Waals surface area contributed by atoms with Gasteiger partial charge in [-0.1, -0.05) is 26.2 Å². The quantitative estimate of drug-likeness (QED) is 0.748. The Balaban J connectivity index is 1.72. The Bertz CT molecular complexity index is 225. The molecule has 0 aliphatic heterocycles. The van der Waals surface area contributed by atoms with Crippen LogP contribution in [-0.2, 0) is 0 Å². The Morgan fingerprint density at radius 2 is 1.78 bits per heavy atom. The zero-order chi connectivity index (χ0) is 12.8. The molecule has 0 aromatic rings. The van der Waals surface area contributed by atoms with Gasteiger partial charge in [0.15, 0.2) is 0 Å². The van der Waals surface area contributed by atoms with E-state index in [1.165, 1.54) is 71.0 Å². The zero-order valence-electron chi connectivity index (χ0n) is 12.5. The largest absolute Gasteiger partial charge is 0.314 e. The van der Waals surface area contributed by atoms with E-state index < -0.39 is 0 Å². The van der Waals surface area contributed by atoms with Crippen molar-refractivity contribution in [3.05, 3.63) is 0 Å². The van der Waals surface area contributed by atoms with Crippen LogP contribution < -0.4 is 5.32 Å². The van der Waals surface area contributed by atoms with Crippen molar-refractivity contribution in [3.8, 4) is 0 Å². The van der Waals surface area contributed by atoms with E-state index in [1.807, 2.05) is 0 Å². The van der Waals surface area contributed by atoms with Crippen LogP contribution in [0.15, 0.2) is 0 Å². The third kappa shape index (κ3) is 4.24. The van der Waals surface area contributed by atoms with Crippen LogP contribution in [0.3, 0.4) is 0 Å². The van der Waals surface area contributed by atoms with E-state index in [9.17, 15) is 0 Å². The monoisotopic (exact) mass is 252 g/mol. The molecule has 2 rings (SSSR count). The molecule has 0 saturated heterocycles. The SMILES string of the molecule is CCCNC1CCCCC1CN(C)CC1CCC1. The van der Waals surface area contributed by atoms with E-state index in [1.54, 1.807) is 0 Å². The molecule has 0 radical (unpaired) electrons. The standard InChI is InChI=1S/C16H32N2/c1-3-11-17-16-10-5-4-9-15(16)13-18(2)12-14-7-6-8-14/h14-17H,3-13H2,1-2H3. The molecular formula is C16H32N2. The molecule has 0 aromatic carbocycles. The van der Waals surface area contributed by atoms with E-state index in [4.69, 9.17) is 0 Å². The fourth-order valence-corrected chi connectivity index (χ4v) is 3.62. The third-order valence-electron chi connectivity index (χ3n) is 4.91. The van der Waals surface area contributed by atoms with Gasteiger partial charge in [0.2, 0.25) is 0 Å². The summed E-state index contributed by atoms with van der Waals surface area (Å²) >= 11 is 0. The summed E-state index contributed by atoms with van der Waals surface area (Å²) in [7, 11) is 2.34. The minimum absolute atomic E-state index is 0.794. The van der Waals surface area contributed by atoms with E-state index in [0.717, 1.165) is 17.9 Å². The van der Waals surface area contributed by atoms with Crippen LogP contribution in [0.5, 0.6) is 0 Å². The van der Waals surface area contributed by atoms with Crippen molar-refractivity contribution in [1.82, 2.24) is 10.2 Å². The van der Waals surface area contributed by atoms with Crippen LogP contribution in [0.2, 0.25) is 0 Å². The third-order valence-corrected chi connectivity index (χ3v) is 4.91. The molecule has 0 amide bonds. The van der Waals surface area contributed by atoms with Gasteiger partial charge in [-0.05, 0) is 57.5 Å². The fraction of sp³-hybridized carbons (Fsp3) is 1.00. The second kappa shape index (κ2) is 7.49. The predicted molar refractivity (Wildman–Crippen MR) is 78.9 cm³/mol. The average Bonchev–Trinajstić information content (AvgIpc) is 2.33. The second-order valence-electron chi connectivity index (χ2n) is 6.62. The maximum Gasteiger partial charge on any atom is 0.0107 e.